The van der Waals surface area contributed by atoms with E-state index in [2.05, 4.69) is 0 Å². The molecule has 2 aliphatic rings. The van der Waals surface area contributed by atoms with Crippen molar-refractivity contribution >= 4 is 5.97 Å². The number of carbonyl (C=O) groups is 1. The maximum absolute atomic E-state index is 10.7. The molecular formula is C10H13NO4. The maximum Gasteiger partial charge on any atom is 0.304 e. The highest BCUT2D eigenvalue weighted by molar-refractivity contribution is 5.68. The summed E-state index contributed by atoms with van der Waals surface area (Å²) in [5.41, 5.74) is -0.618. The molecule has 1 unspecified atom stereocenters. The van der Waals surface area contributed by atoms with Crippen molar-refractivity contribution in [3.8, 4) is 0 Å². The molecule has 5 heteroatoms. The van der Waals surface area contributed by atoms with Gasteiger partial charge in [-0.15, -0.1) is 0 Å². The van der Waals surface area contributed by atoms with Crippen molar-refractivity contribution in [1.29, 1.82) is 0 Å². The lowest BCUT2D eigenvalue weighted by Crippen LogP contribution is -2.50. The number of allylic oxidation sites excluding steroid dienone is 2. The van der Waals surface area contributed by atoms with E-state index in [4.69, 9.17) is 5.11 Å². The predicted molar refractivity (Wildman–Crippen MR) is 51.9 cm³/mol. The van der Waals surface area contributed by atoms with Gasteiger partial charge in [0.1, 0.15) is 0 Å². The molecule has 15 heavy (non-hydrogen) atoms. The van der Waals surface area contributed by atoms with Crippen molar-refractivity contribution in [2.75, 3.05) is 6.54 Å². The van der Waals surface area contributed by atoms with Crippen LogP contribution in [0.25, 0.3) is 0 Å². The average Bonchev–Trinajstić information content (AvgIpc) is 2.44. The molecule has 1 saturated carbocycles. The Morgan fingerprint density at radius 1 is 1.67 bits per heavy atom. The van der Waals surface area contributed by atoms with E-state index < -0.39 is 11.4 Å². The van der Waals surface area contributed by atoms with Crippen LogP contribution in [0.4, 0.5) is 0 Å². The van der Waals surface area contributed by atoms with Crippen LogP contribution in [0.2, 0.25) is 0 Å². The molecule has 2 rings (SSSR count). The lowest BCUT2D eigenvalue weighted by Gasteiger charge is -2.48. The number of carboxylic acid groups (broad SMARTS) is 1. The number of hydrogen-bond donors (Lipinski definition) is 1. The molecule has 1 fully saturated rings. The molecule has 0 aromatic rings. The normalized spacial score (nSPS) is 37.1. The van der Waals surface area contributed by atoms with Crippen molar-refractivity contribution in [2.45, 2.75) is 19.3 Å². The van der Waals surface area contributed by atoms with Gasteiger partial charge in [-0.25, -0.2) is 0 Å². The number of hydrogen-bond acceptors (Lipinski definition) is 3. The maximum atomic E-state index is 10.7. The Bertz CT molecular complexity index is 320. The van der Waals surface area contributed by atoms with Crippen LogP contribution in [0.5, 0.6) is 0 Å². The lowest BCUT2D eigenvalue weighted by molar-refractivity contribution is -0.505. The Kier molecular flexibility index (Phi) is 2.25. The van der Waals surface area contributed by atoms with Crippen molar-refractivity contribution in [3.63, 3.8) is 0 Å². The van der Waals surface area contributed by atoms with Crippen molar-refractivity contribution in [3.05, 3.63) is 22.3 Å². The van der Waals surface area contributed by atoms with Crippen LogP contribution in [-0.4, -0.2) is 22.5 Å². The Morgan fingerprint density at radius 3 is 2.93 bits per heavy atom. The van der Waals surface area contributed by atoms with E-state index in [0.29, 0.717) is 12.3 Å². The van der Waals surface area contributed by atoms with Gasteiger partial charge in [-0.3, -0.25) is 14.9 Å². The molecule has 0 spiro atoms. The van der Waals surface area contributed by atoms with Crippen molar-refractivity contribution < 1.29 is 14.8 Å². The summed E-state index contributed by atoms with van der Waals surface area (Å²) in [4.78, 5) is 20.9. The molecule has 0 heterocycles. The summed E-state index contributed by atoms with van der Waals surface area (Å²) in [5.74, 6) is -0.376. The van der Waals surface area contributed by atoms with Gasteiger partial charge in [-0.05, 0) is 24.7 Å². The molecular weight excluding hydrogens is 198 g/mol. The van der Waals surface area contributed by atoms with Gasteiger partial charge >= 0.3 is 5.97 Å². The number of carboxylic acids is 1. The Hall–Kier alpha value is -1.39. The molecule has 0 bridgehead atoms. The van der Waals surface area contributed by atoms with Gasteiger partial charge < -0.3 is 5.11 Å². The minimum Gasteiger partial charge on any atom is -0.481 e. The smallest absolute Gasteiger partial charge is 0.304 e. The summed E-state index contributed by atoms with van der Waals surface area (Å²) in [5, 5.41) is 19.4. The summed E-state index contributed by atoms with van der Waals surface area (Å²) in [6.45, 7) is -0.217. The fourth-order valence-electron chi connectivity index (χ4n) is 3.09. The Balaban J connectivity index is 2.13. The molecule has 3 atom stereocenters. The second kappa shape index (κ2) is 3.32. The van der Waals surface area contributed by atoms with E-state index in [1.807, 2.05) is 12.2 Å². The predicted octanol–water partition coefficient (Wildman–Crippen LogP) is 1.32. The number of rotatable bonds is 4. The average molecular weight is 211 g/mol. The lowest BCUT2D eigenvalue weighted by atomic mass is 9.53. The van der Waals surface area contributed by atoms with E-state index >= 15 is 0 Å². The van der Waals surface area contributed by atoms with E-state index in [-0.39, 0.29) is 23.8 Å². The molecule has 0 amide bonds. The summed E-state index contributed by atoms with van der Waals surface area (Å²) in [6, 6.07) is 0. The third kappa shape index (κ3) is 1.62. The minimum absolute atomic E-state index is 0.0838. The Labute approximate surface area is 86.9 Å². The van der Waals surface area contributed by atoms with E-state index in [1.165, 1.54) is 0 Å². The van der Waals surface area contributed by atoms with E-state index in [9.17, 15) is 14.9 Å². The highest BCUT2D eigenvalue weighted by Gasteiger charge is 2.57. The molecule has 2 aliphatic carbocycles. The zero-order valence-electron chi connectivity index (χ0n) is 8.26. The summed E-state index contributed by atoms with van der Waals surface area (Å²) in [7, 11) is 0. The third-order valence-electron chi connectivity index (χ3n) is 3.61. The highest BCUT2D eigenvalue weighted by atomic mass is 16.6. The van der Waals surface area contributed by atoms with Gasteiger partial charge in [0.25, 0.3) is 0 Å². The molecule has 1 N–H and O–H groups in total. The van der Waals surface area contributed by atoms with Gasteiger partial charge in [-0.1, -0.05) is 12.2 Å². The van der Waals surface area contributed by atoms with Crippen LogP contribution < -0.4 is 0 Å². The fourth-order valence-corrected chi connectivity index (χ4v) is 3.09. The highest BCUT2D eigenvalue weighted by Crippen LogP contribution is 2.58. The zero-order chi connectivity index (χ0) is 11.1. The van der Waals surface area contributed by atoms with Gasteiger partial charge in [-0.2, -0.15) is 0 Å². The van der Waals surface area contributed by atoms with Crippen LogP contribution in [0, 0.1) is 27.4 Å². The third-order valence-corrected chi connectivity index (χ3v) is 3.61. The number of fused-ring (bicyclic) bond motifs is 1. The minimum atomic E-state index is -0.935. The molecule has 0 aromatic carbocycles. The topological polar surface area (TPSA) is 80.4 Å². The second-order valence-electron chi connectivity index (χ2n) is 4.58. The van der Waals surface area contributed by atoms with Crippen molar-refractivity contribution in [1.82, 2.24) is 0 Å². The van der Waals surface area contributed by atoms with Gasteiger partial charge in [0.15, 0.2) is 0 Å². The number of nitrogens with zero attached hydrogens (tertiary/aromatic N) is 1. The zero-order valence-corrected chi connectivity index (χ0v) is 8.26. The van der Waals surface area contributed by atoms with Gasteiger partial charge in [0.2, 0.25) is 6.54 Å². The summed E-state index contributed by atoms with van der Waals surface area (Å²) in [6.07, 6.45) is 5.51. The molecule has 0 aromatic heterocycles. The second-order valence-corrected chi connectivity index (χ2v) is 4.58. The van der Waals surface area contributed by atoms with Crippen LogP contribution >= 0.6 is 0 Å². The number of nitro groups is 1. The first-order chi connectivity index (χ1) is 7.03. The molecule has 0 radical (unpaired) electrons. The van der Waals surface area contributed by atoms with Gasteiger partial charge in [0, 0.05) is 4.92 Å². The van der Waals surface area contributed by atoms with E-state index in [0.717, 1.165) is 6.42 Å². The summed E-state index contributed by atoms with van der Waals surface area (Å²) < 4.78 is 0. The van der Waals surface area contributed by atoms with Crippen molar-refractivity contribution in [2.24, 2.45) is 17.3 Å². The quantitative estimate of drug-likeness (QED) is 0.432. The molecule has 0 aliphatic heterocycles. The van der Waals surface area contributed by atoms with E-state index in [1.54, 1.807) is 0 Å². The molecule has 0 saturated heterocycles. The molecule has 5 nitrogen and oxygen atoms in total. The first-order valence-electron chi connectivity index (χ1n) is 5.04. The van der Waals surface area contributed by atoms with Gasteiger partial charge in [0.05, 0.1) is 11.8 Å². The SMILES string of the molecule is O=C(O)C[C@]1(C[N+](=O)[O-])C[C@@H]2CC=CC21. The first-order valence-corrected chi connectivity index (χ1v) is 5.04. The Morgan fingerprint density at radius 2 is 2.40 bits per heavy atom. The fraction of sp³-hybridized carbons (Fsp3) is 0.700. The van der Waals surface area contributed by atoms with Crippen LogP contribution in [0.3, 0.4) is 0 Å². The summed E-state index contributed by atoms with van der Waals surface area (Å²) >= 11 is 0. The standard InChI is InChI=1S/C10H13NO4/c12-9(13)5-10(6-11(14)15)4-7-2-1-3-8(7)10/h1,3,7-8H,2,4-6H2,(H,12,13)/t7-,8?,10-/m0/s1. The monoisotopic (exact) mass is 211 g/mol. The van der Waals surface area contributed by atoms with Crippen LogP contribution in [0.15, 0.2) is 12.2 Å². The largest absolute Gasteiger partial charge is 0.481 e. The molecule has 82 valence electrons. The number of aliphatic carboxylic acids is 1. The van der Waals surface area contributed by atoms with Crippen LogP contribution in [0.1, 0.15) is 19.3 Å². The van der Waals surface area contributed by atoms with Crippen LogP contribution in [-0.2, 0) is 4.79 Å². The first kappa shape index (κ1) is 10.1.